The maximum Gasteiger partial charge on any atom is 0.184 e. The van der Waals surface area contributed by atoms with E-state index in [4.69, 9.17) is 30.4 Å². The molecule has 4 N–H and O–H groups in total. The quantitative estimate of drug-likeness (QED) is 0.302. The Hall–Kier alpha value is -3.16. The standard InChI is InChI=1S/C19H25N.C16H21NO4/c1-13(2)19(4,5)17-11-8-10-15(14(17)3)16-9-6-7-12-18(16)20;17-7-6-12-13(15-18-8-2-9-19-15)4-1-5-14(12)16-20-10-3-11-21-16/h6-13H,20H2,1-5H3;1,4-7,15-16H,2-3,8-11,17H2/b;7-6+. The molecule has 0 aromatic heterocycles. The van der Waals surface area contributed by atoms with Crippen molar-refractivity contribution in [3.05, 3.63) is 94.7 Å². The Kier molecular flexibility index (Phi) is 10.6. The van der Waals surface area contributed by atoms with Gasteiger partial charge >= 0.3 is 0 Å². The van der Waals surface area contributed by atoms with Gasteiger partial charge in [-0.15, -0.1) is 0 Å². The monoisotopic (exact) mass is 558 g/mol. The largest absolute Gasteiger partial charge is 0.405 e. The van der Waals surface area contributed by atoms with E-state index in [0.717, 1.165) is 40.8 Å². The summed E-state index contributed by atoms with van der Waals surface area (Å²) in [6.07, 6.45) is 4.52. The van der Waals surface area contributed by atoms with Gasteiger partial charge in [0.1, 0.15) is 0 Å². The molecule has 6 heteroatoms. The molecule has 2 fully saturated rings. The SMILES string of the molecule is Cc1c(-c2ccccc2N)cccc1C(C)(C)C(C)C.N/C=C/c1c(C2OCCCO2)cccc1C1OCCCO1. The molecule has 6 nitrogen and oxygen atoms in total. The highest BCUT2D eigenvalue weighted by atomic mass is 16.7. The van der Waals surface area contributed by atoms with Crippen molar-refractivity contribution < 1.29 is 18.9 Å². The first kappa shape index (κ1) is 30.8. The molecule has 2 aliphatic rings. The number of nitrogen functional groups attached to an aromatic ring is 1. The van der Waals surface area contributed by atoms with Gasteiger partial charge in [0.05, 0.1) is 26.4 Å². The average molecular weight is 559 g/mol. The maximum atomic E-state index is 6.14. The van der Waals surface area contributed by atoms with Crippen molar-refractivity contribution in [3.8, 4) is 11.1 Å². The number of hydrogen-bond donors (Lipinski definition) is 2. The molecule has 2 heterocycles. The van der Waals surface area contributed by atoms with Gasteiger partial charge in [-0.2, -0.15) is 0 Å². The van der Waals surface area contributed by atoms with Crippen LogP contribution >= 0.6 is 0 Å². The van der Waals surface area contributed by atoms with Crippen LogP contribution in [0, 0.1) is 12.8 Å². The molecule has 0 unspecified atom stereocenters. The number of hydrogen-bond acceptors (Lipinski definition) is 6. The predicted octanol–water partition coefficient (Wildman–Crippen LogP) is 7.66. The summed E-state index contributed by atoms with van der Waals surface area (Å²) in [5.41, 5.74) is 20.8. The lowest BCUT2D eigenvalue weighted by atomic mass is 9.72. The molecule has 220 valence electrons. The number of benzene rings is 3. The van der Waals surface area contributed by atoms with E-state index in [0.29, 0.717) is 32.3 Å². The van der Waals surface area contributed by atoms with E-state index in [-0.39, 0.29) is 18.0 Å². The summed E-state index contributed by atoms with van der Waals surface area (Å²) in [5, 5.41) is 0. The van der Waals surface area contributed by atoms with Crippen LogP contribution in [0.4, 0.5) is 5.69 Å². The van der Waals surface area contributed by atoms with Crippen LogP contribution in [0.2, 0.25) is 0 Å². The van der Waals surface area contributed by atoms with Crippen molar-refractivity contribution in [2.45, 2.75) is 65.5 Å². The second-order valence-corrected chi connectivity index (χ2v) is 11.5. The second-order valence-electron chi connectivity index (χ2n) is 11.5. The second kappa shape index (κ2) is 14.1. The van der Waals surface area contributed by atoms with Crippen LogP contribution < -0.4 is 11.5 Å². The molecular formula is C35H46N2O4. The lowest BCUT2D eigenvalue weighted by Crippen LogP contribution is -2.25. The summed E-state index contributed by atoms with van der Waals surface area (Å²) in [4.78, 5) is 0. The maximum absolute atomic E-state index is 6.14. The van der Waals surface area contributed by atoms with Crippen molar-refractivity contribution >= 4 is 11.8 Å². The molecule has 3 aromatic rings. The first-order chi connectivity index (χ1) is 19.8. The van der Waals surface area contributed by atoms with E-state index < -0.39 is 0 Å². The highest BCUT2D eigenvalue weighted by Gasteiger charge is 2.28. The Morgan fingerprint density at radius 1 is 0.756 bits per heavy atom. The highest BCUT2D eigenvalue weighted by molar-refractivity contribution is 5.79. The van der Waals surface area contributed by atoms with E-state index in [1.54, 1.807) is 0 Å². The normalized spacial score (nSPS) is 17.0. The van der Waals surface area contributed by atoms with E-state index in [1.807, 2.05) is 42.5 Å². The van der Waals surface area contributed by atoms with Crippen LogP contribution in [0.15, 0.2) is 66.9 Å². The first-order valence-corrected chi connectivity index (χ1v) is 14.7. The van der Waals surface area contributed by atoms with Gasteiger partial charge in [0, 0.05) is 22.4 Å². The Morgan fingerprint density at radius 3 is 1.78 bits per heavy atom. The number of para-hydroxylation sites is 1. The van der Waals surface area contributed by atoms with E-state index in [9.17, 15) is 0 Å². The molecule has 0 aliphatic carbocycles. The lowest BCUT2D eigenvalue weighted by molar-refractivity contribution is -0.186. The van der Waals surface area contributed by atoms with E-state index >= 15 is 0 Å². The summed E-state index contributed by atoms with van der Waals surface area (Å²) in [7, 11) is 0. The highest BCUT2D eigenvalue weighted by Crippen LogP contribution is 2.38. The van der Waals surface area contributed by atoms with Gasteiger partial charge in [0.15, 0.2) is 12.6 Å². The third-order valence-corrected chi connectivity index (χ3v) is 8.32. The van der Waals surface area contributed by atoms with Gasteiger partial charge in [-0.1, -0.05) is 82.3 Å². The van der Waals surface area contributed by atoms with Crippen LogP contribution in [0.25, 0.3) is 17.2 Å². The van der Waals surface area contributed by atoms with E-state index in [2.05, 4.69) is 58.9 Å². The van der Waals surface area contributed by atoms with Gasteiger partial charge in [0.25, 0.3) is 0 Å². The van der Waals surface area contributed by atoms with Crippen LogP contribution in [-0.2, 0) is 24.4 Å². The molecular weight excluding hydrogens is 512 g/mol. The Labute approximate surface area is 245 Å². The topological polar surface area (TPSA) is 89.0 Å². The zero-order chi connectivity index (χ0) is 29.4. The third kappa shape index (κ3) is 7.19. The number of rotatable bonds is 6. The summed E-state index contributed by atoms with van der Waals surface area (Å²) in [6, 6.07) is 20.6. The summed E-state index contributed by atoms with van der Waals surface area (Å²) < 4.78 is 22.9. The Bertz CT molecular complexity index is 1270. The van der Waals surface area contributed by atoms with Crippen LogP contribution in [0.3, 0.4) is 0 Å². The number of ether oxygens (including phenoxy) is 4. The van der Waals surface area contributed by atoms with Crippen molar-refractivity contribution in [2.75, 3.05) is 32.2 Å². The van der Waals surface area contributed by atoms with Gasteiger partial charge in [-0.25, -0.2) is 0 Å². The molecule has 0 saturated carbocycles. The first-order valence-electron chi connectivity index (χ1n) is 14.7. The summed E-state index contributed by atoms with van der Waals surface area (Å²) in [6.45, 7) is 14.2. The Balaban J connectivity index is 0.000000189. The molecule has 0 spiro atoms. The average Bonchev–Trinajstić information content (AvgIpc) is 2.99. The fourth-order valence-corrected chi connectivity index (χ4v) is 5.31. The minimum absolute atomic E-state index is 0.156. The number of anilines is 1. The minimum Gasteiger partial charge on any atom is -0.405 e. The van der Waals surface area contributed by atoms with Gasteiger partial charge in [0.2, 0.25) is 0 Å². The van der Waals surface area contributed by atoms with Crippen LogP contribution in [0.5, 0.6) is 0 Å². The van der Waals surface area contributed by atoms with Crippen molar-refractivity contribution in [3.63, 3.8) is 0 Å². The number of nitrogens with two attached hydrogens (primary N) is 2. The minimum atomic E-state index is -0.353. The molecule has 2 saturated heterocycles. The zero-order valence-electron chi connectivity index (χ0n) is 25.2. The van der Waals surface area contributed by atoms with Crippen LogP contribution in [0.1, 0.15) is 80.9 Å². The molecule has 0 radical (unpaired) electrons. The Morgan fingerprint density at radius 2 is 1.27 bits per heavy atom. The smallest absolute Gasteiger partial charge is 0.184 e. The predicted molar refractivity (Wildman–Crippen MR) is 167 cm³/mol. The third-order valence-electron chi connectivity index (χ3n) is 8.32. The fourth-order valence-electron chi connectivity index (χ4n) is 5.31. The molecule has 3 aromatic carbocycles. The molecule has 0 amide bonds. The molecule has 2 aliphatic heterocycles. The molecule has 5 rings (SSSR count). The van der Waals surface area contributed by atoms with Gasteiger partial charge in [-0.3, -0.25) is 0 Å². The fraction of sp³-hybridized carbons (Fsp3) is 0.429. The van der Waals surface area contributed by atoms with Gasteiger partial charge < -0.3 is 30.4 Å². The van der Waals surface area contributed by atoms with Crippen molar-refractivity contribution in [2.24, 2.45) is 11.7 Å². The molecule has 41 heavy (non-hydrogen) atoms. The summed E-state index contributed by atoms with van der Waals surface area (Å²) in [5.74, 6) is 0.588. The van der Waals surface area contributed by atoms with Crippen molar-refractivity contribution in [1.82, 2.24) is 0 Å². The van der Waals surface area contributed by atoms with Crippen molar-refractivity contribution in [1.29, 1.82) is 0 Å². The lowest BCUT2D eigenvalue weighted by Gasteiger charge is -2.32. The molecule has 0 bridgehead atoms. The van der Waals surface area contributed by atoms with Crippen LogP contribution in [-0.4, -0.2) is 26.4 Å². The van der Waals surface area contributed by atoms with E-state index in [1.165, 1.54) is 22.9 Å². The zero-order valence-corrected chi connectivity index (χ0v) is 25.2. The van der Waals surface area contributed by atoms with Gasteiger partial charge in [-0.05, 0) is 71.7 Å². The molecule has 0 atom stereocenters. The summed E-state index contributed by atoms with van der Waals surface area (Å²) >= 11 is 0.